The number of hydrogen-bond donors (Lipinski definition) is 0. The Morgan fingerprint density at radius 3 is 1.40 bits per heavy atom. The van der Waals surface area contributed by atoms with Gasteiger partial charge in [-0.2, -0.15) is 0 Å². The minimum atomic E-state index is -4.30. The molecular weight excluding hydrogens is 418 g/mol. The van der Waals surface area contributed by atoms with Crippen LogP contribution in [0.15, 0.2) is 94.7 Å². The third-order valence-corrected chi connectivity index (χ3v) is 8.99. The van der Waals surface area contributed by atoms with Crippen molar-refractivity contribution >= 4 is 20.0 Å². The Morgan fingerprint density at radius 2 is 1.03 bits per heavy atom. The van der Waals surface area contributed by atoms with Gasteiger partial charge in [0.2, 0.25) is 0 Å². The summed E-state index contributed by atoms with van der Waals surface area (Å²) in [5.41, 5.74) is 1.60. The van der Waals surface area contributed by atoms with Crippen molar-refractivity contribution < 1.29 is 16.8 Å². The highest BCUT2D eigenvalue weighted by molar-refractivity contribution is 8.04. The van der Waals surface area contributed by atoms with Gasteiger partial charge in [0.05, 0.1) is 16.3 Å². The predicted molar refractivity (Wildman–Crippen MR) is 118 cm³/mol. The molecule has 5 nitrogen and oxygen atoms in total. The molecule has 0 unspecified atom stereocenters. The highest BCUT2D eigenvalue weighted by atomic mass is 32.3. The van der Waals surface area contributed by atoms with Gasteiger partial charge in [0.15, 0.2) is 0 Å². The monoisotopic (exact) mass is 443 g/mol. The predicted octanol–water partition coefficient (Wildman–Crippen LogP) is 4.56. The van der Waals surface area contributed by atoms with Gasteiger partial charge in [-0.3, -0.25) is 0 Å². The first-order valence-electron chi connectivity index (χ1n) is 9.50. The lowest BCUT2D eigenvalue weighted by molar-refractivity contribution is 0.494. The van der Waals surface area contributed by atoms with Crippen LogP contribution in [0.1, 0.15) is 31.9 Å². The van der Waals surface area contributed by atoms with Crippen LogP contribution >= 0.6 is 0 Å². The van der Waals surface area contributed by atoms with Crippen molar-refractivity contribution in [3.63, 3.8) is 0 Å². The maximum absolute atomic E-state index is 13.3. The van der Waals surface area contributed by atoms with Gasteiger partial charge in [-0.1, -0.05) is 85.1 Å². The van der Waals surface area contributed by atoms with E-state index in [1.807, 2.05) is 12.1 Å². The Hall–Kier alpha value is -2.48. The van der Waals surface area contributed by atoms with Crippen LogP contribution in [0.5, 0.6) is 0 Å². The second-order valence-electron chi connectivity index (χ2n) is 8.01. The zero-order valence-corrected chi connectivity index (χ0v) is 18.8. The molecule has 3 aromatic rings. The summed E-state index contributed by atoms with van der Waals surface area (Å²) in [5.74, 6) is 0. The molecule has 0 aliphatic rings. The minimum absolute atomic E-state index is 0.0650. The number of hydrogen-bond acceptors (Lipinski definition) is 4. The summed E-state index contributed by atoms with van der Waals surface area (Å²) in [6.07, 6.45) is 0. The maximum atomic E-state index is 13.3. The molecular formula is C23H25NO4S2. The molecule has 0 aromatic heterocycles. The summed E-state index contributed by atoms with van der Waals surface area (Å²) >= 11 is 0. The van der Waals surface area contributed by atoms with Crippen LogP contribution in [-0.2, 0) is 32.0 Å². The lowest BCUT2D eigenvalue weighted by Gasteiger charge is -2.23. The minimum Gasteiger partial charge on any atom is -0.206 e. The molecule has 3 aromatic carbocycles. The zero-order valence-electron chi connectivity index (χ0n) is 17.2. The van der Waals surface area contributed by atoms with Crippen LogP contribution in [0.25, 0.3) is 0 Å². The van der Waals surface area contributed by atoms with Gasteiger partial charge >= 0.3 is 0 Å². The molecule has 0 aliphatic heterocycles. The Kier molecular flexibility index (Phi) is 6.17. The van der Waals surface area contributed by atoms with Crippen LogP contribution in [-0.4, -0.2) is 20.5 Å². The summed E-state index contributed by atoms with van der Waals surface area (Å²) in [6, 6.07) is 22.6. The smallest absolute Gasteiger partial charge is 0.206 e. The zero-order chi connectivity index (χ0) is 22.0. The van der Waals surface area contributed by atoms with Crippen LogP contribution in [0, 0.1) is 0 Å². The fraction of sp³-hybridized carbons (Fsp3) is 0.217. The fourth-order valence-corrected chi connectivity index (χ4v) is 6.64. The Balaban J connectivity index is 2.09. The topological polar surface area (TPSA) is 71.5 Å². The van der Waals surface area contributed by atoms with Gasteiger partial charge < -0.3 is 0 Å². The lowest BCUT2D eigenvalue weighted by atomic mass is 9.87. The van der Waals surface area contributed by atoms with Gasteiger partial charge in [-0.05, 0) is 40.8 Å². The van der Waals surface area contributed by atoms with E-state index < -0.39 is 20.0 Å². The van der Waals surface area contributed by atoms with E-state index in [0.717, 1.165) is 5.56 Å². The molecule has 0 bridgehead atoms. The molecule has 0 radical (unpaired) electrons. The first-order valence-corrected chi connectivity index (χ1v) is 12.4. The van der Waals surface area contributed by atoms with Crippen molar-refractivity contribution in [1.82, 2.24) is 3.71 Å². The van der Waals surface area contributed by atoms with Crippen molar-refractivity contribution in [3.8, 4) is 0 Å². The largest absolute Gasteiger partial charge is 0.256 e. The van der Waals surface area contributed by atoms with E-state index >= 15 is 0 Å². The summed E-state index contributed by atoms with van der Waals surface area (Å²) < 4.78 is 53.9. The van der Waals surface area contributed by atoms with E-state index in [2.05, 4.69) is 20.8 Å². The molecule has 158 valence electrons. The molecule has 0 amide bonds. The van der Waals surface area contributed by atoms with E-state index in [-0.39, 0.29) is 21.8 Å². The molecule has 0 aliphatic carbocycles. The van der Waals surface area contributed by atoms with E-state index in [9.17, 15) is 16.8 Å². The molecule has 0 atom stereocenters. The number of sulfonamides is 2. The molecule has 3 rings (SSSR count). The average Bonchev–Trinajstić information content (AvgIpc) is 2.73. The normalized spacial score (nSPS) is 12.8. The summed E-state index contributed by atoms with van der Waals surface area (Å²) in [6.45, 7) is 5.94. The van der Waals surface area contributed by atoms with Crippen molar-refractivity contribution in [2.24, 2.45) is 0 Å². The fourth-order valence-electron chi connectivity index (χ4n) is 2.98. The Labute approximate surface area is 179 Å². The maximum Gasteiger partial charge on any atom is 0.256 e. The van der Waals surface area contributed by atoms with E-state index in [1.54, 1.807) is 48.5 Å². The van der Waals surface area contributed by atoms with Crippen LogP contribution < -0.4 is 0 Å². The second kappa shape index (κ2) is 8.34. The van der Waals surface area contributed by atoms with Gasteiger partial charge in [0.1, 0.15) is 0 Å². The molecule has 0 saturated carbocycles. The summed E-state index contributed by atoms with van der Waals surface area (Å²) in [7, 11) is -8.60. The SMILES string of the molecule is CC(C)(C)c1ccc(CN(S(=O)(=O)c2ccccc2)S(=O)(=O)c2ccccc2)cc1. The molecule has 7 heteroatoms. The van der Waals surface area contributed by atoms with Crippen molar-refractivity contribution in [2.75, 3.05) is 0 Å². The van der Waals surface area contributed by atoms with Crippen molar-refractivity contribution in [1.29, 1.82) is 0 Å². The first-order chi connectivity index (χ1) is 14.0. The van der Waals surface area contributed by atoms with Crippen molar-refractivity contribution in [2.45, 2.75) is 42.5 Å². The quantitative estimate of drug-likeness (QED) is 0.560. The van der Waals surface area contributed by atoms with Gasteiger partial charge in [0.25, 0.3) is 20.0 Å². The summed E-state index contributed by atoms with van der Waals surface area (Å²) in [4.78, 5) is -0.147. The number of benzene rings is 3. The summed E-state index contributed by atoms with van der Waals surface area (Å²) in [5, 5.41) is 0. The highest BCUT2D eigenvalue weighted by Crippen LogP contribution is 2.28. The highest BCUT2D eigenvalue weighted by Gasteiger charge is 2.36. The third kappa shape index (κ3) is 4.64. The second-order valence-corrected chi connectivity index (χ2v) is 12.0. The Morgan fingerprint density at radius 1 is 0.633 bits per heavy atom. The van der Waals surface area contributed by atoms with E-state index in [0.29, 0.717) is 9.27 Å². The number of rotatable bonds is 6. The van der Waals surface area contributed by atoms with Gasteiger partial charge in [0, 0.05) is 0 Å². The molecule has 0 heterocycles. The van der Waals surface area contributed by atoms with Crippen LogP contribution in [0.2, 0.25) is 0 Å². The average molecular weight is 444 g/mol. The van der Waals surface area contributed by atoms with Crippen LogP contribution in [0.4, 0.5) is 0 Å². The number of nitrogens with zero attached hydrogens (tertiary/aromatic N) is 1. The third-order valence-electron chi connectivity index (χ3n) is 4.75. The molecule has 30 heavy (non-hydrogen) atoms. The molecule has 0 N–H and O–H groups in total. The molecule has 0 saturated heterocycles. The molecule has 0 spiro atoms. The lowest BCUT2D eigenvalue weighted by Crippen LogP contribution is -2.36. The van der Waals surface area contributed by atoms with Crippen LogP contribution in [0.3, 0.4) is 0 Å². The Bertz CT molecular complexity index is 1130. The van der Waals surface area contributed by atoms with Gasteiger partial charge in [-0.15, -0.1) is 0 Å². The molecule has 0 fully saturated rings. The van der Waals surface area contributed by atoms with E-state index in [4.69, 9.17) is 0 Å². The van der Waals surface area contributed by atoms with Gasteiger partial charge in [-0.25, -0.2) is 16.8 Å². The van der Waals surface area contributed by atoms with E-state index in [1.165, 1.54) is 24.3 Å². The first kappa shape index (κ1) is 22.2. The van der Waals surface area contributed by atoms with Crippen molar-refractivity contribution in [3.05, 3.63) is 96.1 Å². The standard InChI is InChI=1S/C23H25NO4S2/c1-23(2,3)20-16-14-19(15-17-20)18-24(29(25,26)21-10-6-4-7-11-21)30(27,28)22-12-8-5-9-13-22/h4-17H,18H2,1-3H3.